The summed E-state index contributed by atoms with van der Waals surface area (Å²) in [6.45, 7) is 2.88. The van der Waals surface area contributed by atoms with Crippen molar-refractivity contribution in [1.82, 2.24) is 19.9 Å². The van der Waals surface area contributed by atoms with Gasteiger partial charge in [-0.2, -0.15) is 0 Å². The maximum absolute atomic E-state index is 6.24. The van der Waals surface area contributed by atoms with Crippen LogP contribution in [0.25, 0.3) is 5.82 Å². The van der Waals surface area contributed by atoms with Crippen molar-refractivity contribution in [3.8, 4) is 5.82 Å². The number of hydrogen-bond acceptors (Lipinski definition) is 3. The molecular weight excluding hydrogens is 272 g/mol. The average molecular weight is 291 g/mol. The van der Waals surface area contributed by atoms with Gasteiger partial charge in [0.05, 0.1) is 10.7 Å². The number of imidazole rings is 1. The third-order valence-corrected chi connectivity index (χ3v) is 3.82. The first-order chi connectivity index (χ1) is 9.78. The van der Waals surface area contributed by atoms with E-state index in [0.717, 1.165) is 41.7 Å². The minimum Gasteiger partial charge on any atom is -0.308 e. The molecule has 0 aliphatic heterocycles. The van der Waals surface area contributed by atoms with Crippen LogP contribution in [0, 0.1) is 0 Å². The first-order valence-corrected chi connectivity index (χ1v) is 7.57. The summed E-state index contributed by atoms with van der Waals surface area (Å²) in [6.07, 6.45) is 8.33. The van der Waals surface area contributed by atoms with Gasteiger partial charge in [0.1, 0.15) is 11.6 Å². The Morgan fingerprint density at radius 2 is 2.25 bits per heavy atom. The van der Waals surface area contributed by atoms with Crippen molar-refractivity contribution in [3.05, 3.63) is 41.1 Å². The number of hydrogen-bond donors (Lipinski definition) is 1. The van der Waals surface area contributed by atoms with Gasteiger partial charge in [-0.1, -0.05) is 18.5 Å². The zero-order valence-corrected chi connectivity index (χ0v) is 12.4. The van der Waals surface area contributed by atoms with Crippen molar-refractivity contribution >= 4 is 11.6 Å². The lowest BCUT2D eigenvalue weighted by Gasteiger charge is -2.10. The van der Waals surface area contributed by atoms with Crippen LogP contribution in [-0.2, 0) is 13.0 Å². The summed E-state index contributed by atoms with van der Waals surface area (Å²) >= 11 is 6.24. The van der Waals surface area contributed by atoms with Gasteiger partial charge in [0.2, 0.25) is 0 Å². The van der Waals surface area contributed by atoms with Crippen molar-refractivity contribution < 1.29 is 0 Å². The van der Waals surface area contributed by atoms with Crippen LogP contribution in [-0.4, -0.2) is 20.6 Å². The van der Waals surface area contributed by atoms with E-state index in [9.17, 15) is 0 Å². The van der Waals surface area contributed by atoms with Crippen molar-refractivity contribution in [2.75, 3.05) is 0 Å². The van der Waals surface area contributed by atoms with Crippen LogP contribution >= 0.6 is 11.6 Å². The van der Waals surface area contributed by atoms with E-state index in [0.29, 0.717) is 6.04 Å². The van der Waals surface area contributed by atoms with Gasteiger partial charge in [-0.15, -0.1) is 0 Å². The number of halogens is 1. The summed E-state index contributed by atoms with van der Waals surface area (Å²) in [5, 5.41) is 4.18. The molecule has 0 unspecified atom stereocenters. The second-order valence-electron chi connectivity index (χ2n) is 5.22. The maximum atomic E-state index is 6.24. The van der Waals surface area contributed by atoms with Crippen molar-refractivity contribution in [2.45, 2.75) is 45.2 Å². The van der Waals surface area contributed by atoms with Gasteiger partial charge in [-0.05, 0) is 31.4 Å². The van der Waals surface area contributed by atoms with Crippen LogP contribution in [0.1, 0.15) is 37.7 Å². The van der Waals surface area contributed by atoms with Gasteiger partial charge in [0.25, 0.3) is 0 Å². The van der Waals surface area contributed by atoms with E-state index in [1.54, 1.807) is 0 Å². The van der Waals surface area contributed by atoms with Crippen LogP contribution in [0.15, 0.2) is 24.5 Å². The number of rotatable bonds is 6. The molecule has 0 atom stereocenters. The summed E-state index contributed by atoms with van der Waals surface area (Å²) < 4.78 is 2.04. The van der Waals surface area contributed by atoms with Crippen LogP contribution in [0.4, 0.5) is 0 Å². The van der Waals surface area contributed by atoms with Crippen molar-refractivity contribution in [1.29, 1.82) is 0 Å². The van der Waals surface area contributed by atoms with Crippen LogP contribution in [0.3, 0.4) is 0 Å². The highest BCUT2D eigenvalue weighted by molar-refractivity contribution is 6.31. The Morgan fingerprint density at radius 3 is 3.00 bits per heavy atom. The van der Waals surface area contributed by atoms with Gasteiger partial charge in [-0.25, -0.2) is 9.97 Å². The van der Waals surface area contributed by atoms with E-state index in [1.165, 1.54) is 12.8 Å². The van der Waals surface area contributed by atoms with E-state index >= 15 is 0 Å². The fourth-order valence-corrected chi connectivity index (χ4v) is 2.38. The van der Waals surface area contributed by atoms with E-state index in [1.807, 2.05) is 29.1 Å². The van der Waals surface area contributed by atoms with E-state index in [-0.39, 0.29) is 0 Å². The molecule has 106 valence electrons. The monoisotopic (exact) mass is 290 g/mol. The van der Waals surface area contributed by atoms with Gasteiger partial charge < -0.3 is 5.32 Å². The molecule has 20 heavy (non-hydrogen) atoms. The second kappa shape index (κ2) is 5.94. The Hall–Kier alpha value is -1.39. The molecule has 0 amide bonds. The summed E-state index contributed by atoms with van der Waals surface area (Å²) in [5.74, 6) is 1.94. The molecule has 0 radical (unpaired) electrons. The molecule has 4 nitrogen and oxygen atoms in total. The summed E-state index contributed by atoms with van der Waals surface area (Å²) in [5.41, 5.74) is 0.909. The lowest BCUT2D eigenvalue weighted by atomic mass is 10.3. The van der Waals surface area contributed by atoms with E-state index < -0.39 is 0 Å². The van der Waals surface area contributed by atoms with E-state index in [4.69, 9.17) is 11.6 Å². The zero-order valence-electron chi connectivity index (χ0n) is 11.6. The van der Waals surface area contributed by atoms with Crippen LogP contribution < -0.4 is 5.32 Å². The summed E-state index contributed by atoms with van der Waals surface area (Å²) in [7, 11) is 0. The number of aryl methyl sites for hydroxylation is 1. The Bertz CT molecular complexity index is 589. The molecule has 0 saturated heterocycles. The Balaban J connectivity index is 1.84. The maximum Gasteiger partial charge on any atom is 0.138 e. The fourth-order valence-electron chi connectivity index (χ4n) is 2.21. The molecule has 1 N–H and O–H groups in total. The molecule has 0 aromatic carbocycles. The van der Waals surface area contributed by atoms with Crippen LogP contribution in [0.5, 0.6) is 0 Å². The minimum absolute atomic E-state index is 0.653. The Kier molecular flexibility index (Phi) is 4.03. The Labute approximate surface area is 124 Å². The van der Waals surface area contributed by atoms with E-state index in [2.05, 4.69) is 22.2 Å². The first kappa shape index (κ1) is 13.6. The van der Waals surface area contributed by atoms with Gasteiger partial charge in [0.15, 0.2) is 0 Å². The third kappa shape index (κ3) is 3.02. The lowest BCUT2D eigenvalue weighted by Crippen LogP contribution is -2.17. The number of nitrogens with one attached hydrogen (secondary N) is 1. The minimum atomic E-state index is 0.653. The SMILES string of the molecule is CCCc1nccn1-c1ccc(Cl)c(CNC2CC2)n1. The Morgan fingerprint density at radius 1 is 1.40 bits per heavy atom. The summed E-state index contributed by atoms with van der Waals surface area (Å²) in [4.78, 5) is 9.08. The van der Waals surface area contributed by atoms with Gasteiger partial charge in [-0.3, -0.25) is 4.57 Å². The van der Waals surface area contributed by atoms with Crippen LogP contribution in [0.2, 0.25) is 5.02 Å². The topological polar surface area (TPSA) is 42.7 Å². The predicted octanol–water partition coefficient (Wildman–Crippen LogP) is 3.13. The highest BCUT2D eigenvalue weighted by Crippen LogP contribution is 2.22. The summed E-state index contributed by atoms with van der Waals surface area (Å²) in [6, 6.07) is 4.52. The molecule has 1 aliphatic rings. The standard InChI is InChI=1S/C15H19ClN4/c1-2-3-14-17-8-9-20(14)15-7-6-12(16)13(19-15)10-18-11-4-5-11/h6-9,11,18H,2-5,10H2,1H3. The molecule has 1 aliphatic carbocycles. The zero-order chi connectivity index (χ0) is 13.9. The molecule has 1 fully saturated rings. The predicted molar refractivity (Wildman–Crippen MR) is 80.2 cm³/mol. The molecule has 2 aromatic heterocycles. The van der Waals surface area contributed by atoms with Gasteiger partial charge >= 0.3 is 0 Å². The molecular formula is C15H19ClN4. The third-order valence-electron chi connectivity index (χ3n) is 3.48. The molecule has 5 heteroatoms. The lowest BCUT2D eigenvalue weighted by molar-refractivity contribution is 0.671. The highest BCUT2D eigenvalue weighted by Gasteiger charge is 2.21. The van der Waals surface area contributed by atoms with Gasteiger partial charge in [0, 0.05) is 31.4 Å². The average Bonchev–Trinajstić information content (AvgIpc) is 3.17. The number of aromatic nitrogens is 3. The molecule has 2 aromatic rings. The number of nitrogens with zero attached hydrogens (tertiary/aromatic N) is 3. The fraction of sp³-hybridized carbons (Fsp3) is 0.467. The quantitative estimate of drug-likeness (QED) is 0.889. The molecule has 1 saturated carbocycles. The normalized spacial score (nSPS) is 14.7. The molecule has 2 heterocycles. The molecule has 3 rings (SSSR count). The highest BCUT2D eigenvalue weighted by atomic mass is 35.5. The molecule has 0 bridgehead atoms. The van der Waals surface area contributed by atoms with Crippen molar-refractivity contribution in [3.63, 3.8) is 0 Å². The molecule has 0 spiro atoms. The first-order valence-electron chi connectivity index (χ1n) is 7.19. The van der Waals surface area contributed by atoms with Crippen molar-refractivity contribution in [2.24, 2.45) is 0 Å². The second-order valence-corrected chi connectivity index (χ2v) is 5.62. The number of pyridine rings is 1. The smallest absolute Gasteiger partial charge is 0.138 e. The largest absolute Gasteiger partial charge is 0.308 e.